The number of halogens is 5. The van der Waals surface area contributed by atoms with E-state index in [9.17, 15) is 18.0 Å². The molecule has 0 unspecified atom stereocenters. The highest BCUT2D eigenvalue weighted by atomic mass is 35.5. The Morgan fingerprint density at radius 1 is 1.43 bits per heavy atom. The minimum absolute atomic E-state index is 0. The maximum absolute atomic E-state index is 12.8. The molecule has 0 saturated carbocycles. The third-order valence-electron chi connectivity index (χ3n) is 2.49. The number of aryl methyl sites for hydroxylation is 1. The molecule has 21 heavy (non-hydrogen) atoms. The Hall–Kier alpha value is -1.47. The van der Waals surface area contributed by atoms with Gasteiger partial charge in [0.2, 0.25) is 0 Å². The predicted molar refractivity (Wildman–Crippen MR) is 77.1 cm³/mol. The van der Waals surface area contributed by atoms with E-state index in [1.54, 1.807) is 6.92 Å². The highest BCUT2D eigenvalue weighted by Gasteiger charge is 2.32. The zero-order valence-electron chi connectivity index (χ0n) is 11.0. The van der Waals surface area contributed by atoms with Gasteiger partial charge in [0.05, 0.1) is 16.1 Å². The Morgan fingerprint density at radius 2 is 2.00 bits per heavy atom. The van der Waals surface area contributed by atoms with Crippen LogP contribution in [0.15, 0.2) is 12.1 Å². The van der Waals surface area contributed by atoms with Crippen LogP contribution >= 0.6 is 24.0 Å². The van der Waals surface area contributed by atoms with Crippen LogP contribution < -0.4 is 11.1 Å². The van der Waals surface area contributed by atoms with Gasteiger partial charge in [-0.25, -0.2) is 0 Å². The van der Waals surface area contributed by atoms with Crippen molar-refractivity contribution in [3.05, 3.63) is 33.8 Å². The van der Waals surface area contributed by atoms with Crippen molar-refractivity contribution in [2.24, 2.45) is 5.73 Å². The van der Waals surface area contributed by atoms with Crippen molar-refractivity contribution in [2.45, 2.75) is 25.9 Å². The molecular formula is C12H14Cl2F3N3O. The van der Waals surface area contributed by atoms with E-state index in [-0.39, 0.29) is 28.6 Å². The lowest BCUT2D eigenvalue weighted by molar-refractivity contribution is -0.137. The standard InChI is InChI=1S/C12H13ClF3N3O.ClH/c1-2-3-6-4-7(12(14,15)16)5-8(9(6)13)10(20)19-11(17)18;/h4-5H,2-3H2,1H3,(H4,17,18,19,20);1H. The highest BCUT2D eigenvalue weighted by Crippen LogP contribution is 2.34. The first-order valence-corrected chi connectivity index (χ1v) is 6.09. The van der Waals surface area contributed by atoms with Crippen molar-refractivity contribution < 1.29 is 18.0 Å². The number of hydrogen-bond acceptors (Lipinski definition) is 2. The number of amides is 1. The zero-order chi connectivity index (χ0) is 15.5. The number of benzene rings is 1. The average molecular weight is 344 g/mol. The van der Waals surface area contributed by atoms with Crippen molar-refractivity contribution in [3.8, 4) is 0 Å². The van der Waals surface area contributed by atoms with Crippen LogP contribution in [0.1, 0.15) is 34.8 Å². The zero-order valence-corrected chi connectivity index (χ0v) is 12.5. The van der Waals surface area contributed by atoms with Crippen LogP contribution in [-0.4, -0.2) is 11.9 Å². The van der Waals surface area contributed by atoms with Crippen molar-refractivity contribution >= 4 is 35.9 Å². The van der Waals surface area contributed by atoms with Crippen LogP contribution in [0, 0.1) is 5.41 Å². The Balaban J connectivity index is 0.00000400. The lowest BCUT2D eigenvalue weighted by Crippen LogP contribution is -2.36. The van der Waals surface area contributed by atoms with E-state index in [0.717, 1.165) is 6.07 Å². The van der Waals surface area contributed by atoms with Gasteiger partial charge in [-0.3, -0.25) is 15.5 Å². The molecule has 0 fully saturated rings. The third kappa shape index (κ3) is 5.09. The molecule has 0 bridgehead atoms. The molecule has 4 N–H and O–H groups in total. The number of alkyl halides is 3. The van der Waals surface area contributed by atoms with Crippen LogP contribution in [0.2, 0.25) is 5.02 Å². The first-order valence-electron chi connectivity index (χ1n) is 5.71. The normalized spacial score (nSPS) is 10.7. The summed E-state index contributed by atoms with van der Waals surface area (Å²) in [7, 11) is 0. The quantitative estimate of drug-likeness (QED) is 0.581. The molecule has 0 radical (unpaired) electrons. The van der Waals surface area contributed by atoms with E-state index >= 15 is 0 Å². The average Bonchev–Trinajstić information content (AvgIpc) is 2.29. The molecule has 0 heterocycles. The maximum atomic E-state index is 12.8. The van der Waals surface area contributed by atoms with Crippen LogP contribution in [0.25, 0.3) is 0 Å². The summed E-state index contributed by atoms with van der Waals surface area (Å²) in [5.41, 5.74) is 3.92. The summed E-state index contributed by atoms with van der Waals surface area (Å²) in [5.74, 6) is -1.61. The molecule has 1 aromatic rings. The molecule has 0 spiro atoms. The molecule has 0 saturated heterocycles. The minimum Gasteiger partial charge on any atom is -0.370 e. The maximum Gasteiger partial charge on any atom is 0.416 e. The summed E-state index contributed by atoms with van der Waals surface area (Å²) in [6.07, 6.45) is -3.70. The summed E-state index contributed by atoms with van der Waals surface area (Å²) in [6.45, 7) is 1.78. The number of nitrogens with one attached hydrogen (secondary N) is 2. The number of carbonyl (C=O) groups is 1. The topological polar surface area (TPSA) is 79.0 Å². The second kappa shape index (κ2) is 7.51. The van der Waals surface area contributed by atoms with Gasteiger partial charge in [-0.1, -0.05) is 24.9 Å². The molecular weight excluding hydrogens is 330 g/mol. The van der Waals surface area contributed by atoms with Crippen molar-refractivity contribution in [2.75, 3.05) is 0 Å². The van der Waals surface area contributed by atoms with E-state index in [1.165, 1.54) is 0 Å². The van der Waals surface area contributed by atoms with Crippen LogP contribution in [0.3, 0.4) is 0 Å². The number of rotatable bonds is 3. The lowest BCUT2D eigenvalue weighted by atomic mass is 10.0. The summed E-state index contributed by atoms with van der Waals surface area (Å²) >= 11 is 5.95. The molecule has 0 aliphatic rings. The van der Waals surface area contributed by atoms with E-state index in [0.29, 0.717) is 18.9 Å². The molecule has 1 amide bonds. The van der Waals surface area contributed by atoms with E-state index < -0.39 is 23.6 Å². The van der Waals surface area contributed by atoms with Crippen LogP contribution in [0.5, 0.6) is 0 Å². The molecule has 0 atom stereocenters. The van der Waals surface area contributed by atoms with Crippen molar-refractivity contribution in [1.29, 1.82) is 5.41 Å². The minimum atomic E-state index is -4.58. The van der Waals surface area contributed by atoms with Gasteiger partial charge in [-0.05, 0) is 24.1 Å². The fraction of sp³-hybridized carbons (Fsp3) is 0.333. The number of guanidine groups is 1. The smallest absolute Gasteiger partial charge is 0.370 e. The lowest BCUT2D eigenvalue weighted by Gasteiger charge is -2.14. The molecule has 0 aliphatic heterocycles. The summed E-state index contributed by atoms with van der Waals surface area (Å²) in [6, 6.07) is 1.58. The molecule has 9 heteroatoms. The van der Waals surface area contributed by atoms with E-state index in [2.05, 4.69) is 0 Å². The molecule has 4 nitrogen and oxygen atoms in total. The van der Waals surface area contributed by atoms with Gasteiger partial charge in [0.15, 0.2) is 5.96 Å². The molecule has 118 valence electrons. The fourth-order valence-corrected chi connectivity index (χ4v) is 1.94. The Kier molecular flexibility index (Phi) is 6.99. The molecule has 1 aromatic carbocycles. The third-order valence-corrected chi connectivity index (χ3v) is 2.93. The fourth-order valence-electron chi connectivity index (χ4n) is 1.65. The Labute approximate surface area is 130 Å². The second-order valence-corrected chi connectivity index (χ2v) is 4.49. The molecule has 0 aromatic heterocycles. The monoisotopic (exact) mass is 343 g/mol. The van der Waals surface area contributed by atoms with Crippen molar-refractivity contribution in [1.82, 2.24) is 5.32 Å². The number of carbonyl (C=O) groups excluding carboxylic acids is 1. The second-order valence-electron chi connectivity index (χ2n) is 4.11. The first kappa shape index (κ1) is 19.5. The van der Waals surface area contributed by atoms with E-state index in [4.69, 9.17) is 22.7 Å². The largest absolute Gasteiger partial charge is 0.416 e. The van der Waals surface area contributed by atoms with Crippen LogP contribution in [0.4, 0.5) is 13.2 Å². The Morgan fingerprint density at radius 3 is 2.43 bits per heavy atom. The summed E-state index contributed by atoms with van der Waals surface area (Å²) in [4.78, 5) is 11.7. The molecule has 1 rings (SSSR count). The first-order chi connectivity index (χ1) is 9.16. The SMILES string of the molecule is CCCc1cc(C(F)(F)F)cc(C(=O)NC(=N)N)c1Cl.Cl. The van der Waals surface area contributed by atoms with E-state index in [1.807, 2.05) is 5.32 Å². The van der Waals surface area contributed by atoms with Gasteiger partial charge in [0.25, 0.3) is 5.91 Å². The number of nitrogens with two attached hydrogens (primary N) is 1. The van der Waals surface area contributed by atoms with Gasteiger partial charge in [-0.15, -0.1) is 12.4 Å². The van der Waals surface area contributed by atoms with Gasteiger partial charge in [0, 0.05) is 0 Å². The summed E-state index contributed by atoms with van der Waals surface area (Å²) < 4.78 is 38.4. The van der Waals surface area contributed by atoms with Crippen LogP contribution in [-0.2, 0) is 12.6 Å². The Bertz CT molecular complexity index is 547. The van der Waals surface area contributed by atoms with Crippen molar-refractivity contribution in [3.63, 3.8) is 0 Å². The molecule has 0 aliphatic carbocycles. The highest BCUT2D eigenvalue weighted by molar-refractivity contribution is 6.35. The van der Waals surface area contributed by atoms with Gasteiger partial charge in [0.1, 0.15) is 0 Å². The number of hydrogen-bond donors (Lipinski definition) is 3. The van der Waals surface area contributed by atoms with Gasteiger partial charge in [-0.2, -0.15) is 13.2 Å². The van der Waals surface area contributed by atoms with Gasteiger partial charge < -0.3 is 5.73 Å². The van der Waals surface area contributed by atoms with Gasteiger partial charge >= 0.3 is 6.18 Å². The summed E-state index contributed by atoms with van der Waals surface area (Å²) in [5, 5.41) is 8.80. The predicted octanol–water partition coefficient (Wildman–Crippen LogP) is 3.36.